The van der Waals surface area contributed by atoms with Crippen LogP contribution < -0.4 is 0 Å². The third-order valence-corrected chi connectivity index (χ3v) is 3.82. The molecular formula is C13H23NO4. The van der Waals surface area contributed by atoms with Crippen LogP contribution in [0.4, 0.5) is 0 Å². The number of carbonyl (C=O) groups is 1. The Labute approximate surface area is 108 Å². The molecular weight excluding hydrogens is 234 g/mol. The highest BCUT2D eigenvalue weighted by Gasteiger charge is 2.31. The van der Waals surface area contributed by atoms with Crippen LogP contribution >= 0.6 is 0 Å². The minimum atomic E-state index is -0.237. The third kappa shape index (κ3) is 3.67. The van der Waals surface area contributed by atoms with Crippen molar-refractivity contribution in [3.63, 3.8) is 0 Å². The van der Waals surface area contributed by atoms with Crippen LogP contribution in [0.3, 0.4) is 0 Å². The number of methoxy groups -OCH3 is 1. The SMILES string of the molecule is COC(=O)CC1COC(CC2CCCCN2C)O1. The first-order valence-electron chi connectivity index (χ1n) is 6.73. The van der Waals surface area contributed by atoms with Crippen molar-refractivity contribution in [2.24, 2.45) is 0 Å². The maximum Gasteiger partial charge on any atom is 0.308 e. The first-order chi connectivity index (χ1) is 8.69. The van der Waals surface area contributed by atoms with Crippen LogP contribution in [0, 0.1) is 0 Å². The van der Waals surface area contributed by atoms with Gasteiger partial charge in [0, 0.05) is 12.5 Å². The summed E-state index contributed by atoms with van der Waals surface area (Å²) in [6, 6.07) is 0.542. The van der Waals surface area contributed by atoms with Crippen LogP contribution in [-0.4, -0.2) is 56.6 Å². The number of piperidine rings is 1. The molecule has 0 spiro atoms. The van der Waals surface area contributed by atoms with Crippen molar-refractivity contribution in [3.05, 3.63) is 0 Å². The summed E-state index contributed by atoms with van der Waals surface area (Å²) in [5.74, 6) is -0.237. The Hall–Kier alpha value is -0.650. The van der Waals surface area contributed by atoms with Gasteiger partial charge in [-0.15, -0.1) is 0 Å². The molecule has 0 aliphatic carbocycles. The minimum absolute atomic E-state index is 0.142. The fourth-order valence-electron chi connectivity index (χ4n) is 2.67. The van der Waals surface area contributed by atoms with Crippen molar-refractivity contribution in [2.75, 3.05) is 27.3 Å². The molecule has 3 atom stereocenters. The molecule has 0 saturated carbocycles. The molecule has 104 valence electrons. The van der Waals surface area contributed by atoms with Gasteiger partial charge in [-0.3, -0.25) is 4.79 Å². The monoisotopic (exact) mass is 257 g/mol. The van der Waals surface area contributed by atoms with Crippen LogP contribution in [-0.2, 0) is 19.0 Å². The zero-order valence-electron chi connectivity index (χ0n) is 11.3. The molecule has 0 aromatic heterocycles. The lowest BCUT2D eigenvalue weighted by Crippen LogP contribution is -2.38. The highest BCUT2D eigenvalue weighted by atomic mass is 16.7. The summed E-state index contributed by atoms with van der Waals surface area (Å²) in [5, 5.41) is 0. The van der Waals surface area contributed by atoms with Gasteiger partial charge in [-0.25, -0.2) is 0 Å². The number of rotatable bonds is 4. The zero-order valence-corrected chi connectivity index (χ0v) is 11.3. The maximum atomic E-state index is 11.2. The van der Waals surface area contributed by atoms with Crippen LogP contribution in [0.25, 0.3) is 0 Å². The largest absolute Gasteiger partial charge is 0.469 e. The lowest BCUT2D eigenvalue weighted by molar-refractivity contribution is -0.144. The van der Waals surface area contributed by atoms with Crippen LogP contribution in [0.2, 0.25) is 0 Å². The normalized spacial score (nSPS) is 33.6. The van der Waals surface area contributed by atoms with Gasteiger partial charge in [0.1, 0.15) is 0 Å². The van der Waals surface area contributed by atoms with Crippen LogP contribution in [0.5, 0.6) is 0 Å². The molecule has 2 fully saturated rings. The quantitative estimate of drug-likeness (QED) is 0.707. The second-order valence-corrected chi connectivity index (χ2v) is 5.17. The van der Waals surface area contributed by atoms with Gasteiger partial charge in [-0.1, -0.05) is 6.42 Å². The van der Waals surface area contributed by atoms with E-state index in [-0.39, 0.29) is 24.8 Å². The number of hydrogen-bond acceptors (Lipinski definition) is 5. The predicted octanol–water partition coefficient (Wildman–Crippen LogP) is 1.17. The van der Waals surface area contributed by atoms with Gasteiger partial charge in [0.15, 0.2) is 6.29 Å². The summed E-state index contributed by atoms with van der Waals surface area (Å²) < 4.78 is 16.0. The van der Waals surface area contributed by atoms with Crippen molar-refractivity contribution in [2.45, 2.75) is 50.5 Å². The van der Waals surface area contributed by atoms with Crippen molar-refractivity contribution < 1.29 is 19.0 Å². The van der Waals surface area contributed by atoms with E-state index in [0.29, 0.717) is 12.6 Å². The molecule has 0 amide bonds. The second kappa shape index (κ2) is 6.50. The Bertz CT molecular complexity index is 284. The van der Waals surface area contributed by atoms with Crippen molar-refractivity contribution >= 4 is 5.97 Å². The van der Waals surface area contributed by atoms with E-state index < -0.39 is 0 Å². The molecule has 3 unspecified atom stereocenters. The van der Waals surface area contributed by atoms with E-state index in [1.165, 1.54) is 26.4 Å². The molecule has 2 saturated heterocycles. The lowest BCUT2D eigenvalue weighted by atomic mass is 10.00. The number of esters is 1. The molecule has 5 heteroatoms. The van der Waals surface area contributed by atoms with Gasteiger partial charge in [0.25, 0.3) is 0 Å². The van der Waals surface area contributed by atoms with E-state index in [9.17, 15) is 4.79 Å². The molecule has 0 aromatic rings. The first kappa shape index (κ1) is 13.8. The Kier molecular flexibility index (Phi) is 4.97. The number of ether oxygens (including phenoxy) is 3. The molecule has 2 heterocycles. The van der Waals surface area contributed by atoms with Crippen molar-refractivity contribution in [3.8, 4) is 0 Å². The first-order valence-corrected chi connectivity index (χ1v) is 6.73. The number of hydrogen-bond donors (Lipinski definition) is 0. The summed E-state index contributed by atoms with van der Waals surface area (Å²) in [6.07, 6.45) is 4.65. The summed E-state index contributed by atoms with van der Waals surface area (Å²) in [5.41, 5.74) is 0. The topological polar surface area (TPSA) is 48.0 Å². The van der Waals surface area contributed by atoms with Crippen LogP contribution in [0.1, 0.15) is 32.1 Å². The van der Waals surface area contributed by atoms with E-state index in [4.69, 9.17) is 9.47 Å². The van der Waals surface area contributed by atoms with E-state index in [1.54, 1.807) is 0 Å². The molecule has 0 bridgehead atoms. The van der Waals surface area contributed by atoms with E-state index in [1.807, 2.05) is 0 Å². The fraction of sp³-hybridized carbons (Fsp3) is 0.923. The third-order valence-electron chi connectivity index (χ3n) is 3.82. The van der Waals surface area contributed by atoms with Gasteiger partial charge in [-0.2, -0.15) is 0 Å². The molecule has 18 heavy (non-hydrogen) atoms. The minimum Gasteiger partial charge on any atom is -0.469 e. The molecule has 2 aliphatic heterocycles. The smallest absolute Gasteiger partial charge is 0.308 e. The number of likely N-dealkylation sites (tertiary alicyclic amines) is 1. The number of nitrogens with zero attached hydrogens (tertiary/aromatic N) is 1. The molecule has 0 N–H and O–H groups in total. The average molecular weight is 257 g/mol. The number of carbonyl (C=O) groups excluding carboxylic acids is 1. The summed E-state index contributed by atoms with van der Waals surface area (Å²) in [4.78, 5) is 13.5. The van der Waals surface area contributed by atoms with Crippen molar-refractivity contribution in [1.29, 1.82) is 0 Å². The molecule has 2 rings (SSSR count). The summed E-state index contributed by atoms with van der Waals surface area (Å²) in [6.45, 7) is 1.65. The Morgan fingerprint density at radius 3 is 3.00 bits per heavy atom. The molecule has 2 aliphatic rings. The van der Waals surface area contributed by atoms with Gasteiger partial charge in [-0.05, 0) is 26.4 Å². The highest BCUT2D eigenvalue weighted by molar-refractivity contribution is 5.69. The summed E-state index contributed by atoms with van der Waals surface area (Å²) >= 11 is 0. The Morgan fingerprint density at radius 2 is 2.28 bits per heavy atom. The predicted molar refractivity (Wildman–Crippen MR) is 66.1 cm³/mol. The van der Waals surface area contributed by atoms with Crippen LogP contribution in [0.15, 0.2) is 0 Å². The van der Waals surface area contributed by atoms with E-state index in [2.05, 4.69) is 16.7 Å². The highest BCUT2D eigenvalue weighted by Crippen LogP contribution is 2.24. The molecule has 0 radical (unpaired) electrons. The van der Waals surface area contributed by atoms with Crippen molar-refractivity contribution in [1.82, 2.24) is 4.90 Å². The lowest BCUT2D eigenvalue weighted by Gasteiger charge is -2.33. The van der Waals surface area contributed by atoms with Gasteiger partial charge in [0.2, 0.25) is 0 Å². The zero-order chi connectivity index (χ0) is 13.0. The summed E-state index contributed by atoms with van der Waals surface area (Å²) in [7, 11) is 3.55. The Balaban J connectivity index is 1.73. The van der Waals surface area contributed by atoms with E-state index in [0.717, 1.165) is 13.0 Å². The van der Waals surface area contributed by atoms with E-state index >= 15 is 0 Å². The van der Waals surface area contributed by atoms with Gasteiger partial charge < -0.3 is 19.1 Å². The molecule has 0 aromatic carbocycles. The van der Waals surface area contributed by atoms with Gasteiger partial charge in [0.05, 0.1) is 26.2 Å². The fourth-order valence-corrected chi connectivity index (χ4v) is 2.67. The average Bonchev–Trinajstić information content (AvgIpc) is 2.79. The molecule has 5 nitrogen and oxygen atoms in total. The second-order valence-electron chi connectivity index (χ2n) is 5.17. The van der Waals surface area contributed by atoms with Gasteiger partial charge >= 0.3 is 5.97 Å². The Morgan fingerprint density at radius 1 is 1.44 bits per heavy atom. The standard InChI is InChI=1S/C13H23NO4/c1-14-6-4-3-5-10(14)7-13-17-9-11(18-13)8-12(15)16-2/h10-11,13H,3-9H2,1-2H3. The maximum absolute atomic E-state index is 11.2.